The number of hydrogen-bond donors (Lipinski definition) is 0. The van der Waals surface area contributed by atoms with E-state index in [0.717, 1.165) is 111 Å². The average Bonchev–Trinajstić information content (AvgIpc) is 4.12. The van der Waals surface area contributed by atoms with E-state index in [-0.39, 0.29) is 0 Å². The minimum absolute atomic E-state index is 0.788. The van der Waals surface area contributed by atoms with Gasteiger partial charge < -0.3 is 0 Å². The summed E-state index contributed by atoms with van der Waals surface area (Å²) < 4.78 is 6.18. The molecule has 13 rings (SSSR count). The summed E-state index contributed by atoms with van der Waals surface area (Å²) in [6, 6.07) is 48.6. The molecule has 0 amide bonds. The van der Waals surface area contributed by atoms with E-state index in [1.165, 1.54) is 11.1 Å². The maximum absolute atomic E-state index is 4.99. The molecule has 4 aromatic carbocycles. The van der Waals surface area contributed by atoms with Crippen molar-refractivity contribution in [1.29, 1.82) is 0 Å². The van der Waals surface area contributed by atoms with Crippen LogP contribution in [-0.4, -0.2) is 50.1 Å². The molecule has 0 fully saturated rings. The number of nitrogens with zero attached hydrogens (tertiary/aromatic N) is 10. The normalized spacial score (nSPS) is 12.7. The number of para-hydroxylation sites is 6. The monoisotopic (exact) mass is 930 g/mol. The van der Waals surface area contributed by atoms with Gasteiger partial charge in [0.1, 0.15) is 22.4 Å². The van der Waals surface area contributed by atoms with Crippen LogP contribution in [0.3, 0.4) is 0 Å². The molecule has 296 valence electrons. The lowest BCUT2D eigenvalue weighted by atomic mass is 10.0. The summed E-state index contributed by atoms with van der Waals surface area (Å²) in [5.41, 5.74) is 17.8. The van der Waals surface area contributed by atoms with Crippen molar-refractivity contribution in [3.05, 3.63) is 190 Å². The smallest absolute Gasteiger partial charge is 0.182 e. The van der Waals surface area contributed by atoms with Crippen molar-refractivity contribution in [3.63, 3.8) is 0 Å². The molecule has 2 aliphatic rings. The topological polar surface area (TPSA) is 111 Å². The third kappa shape index (κ3) is 6.73. The van der Waals surface area contributed by atoms with Gasteiger partial charge in [-0.1, -0.05) is 60.7 Å². The molecule has 10 nitrogen and oxygen atoms in total. The SMILES string of the molecule is Brc1cccnc1-c1ncccc1Br.c1ccc2c(c1)CC(C1=Nc3ccccc3C1)=N2.c1ccc2c(c1)nc1c3nc4ccccc4n3c3cccnc3c3ncccc3n21. The highest BCUT2D eigenvalue weighted by atomic mass is 79.9. The highest BCUT2D eigenvalue weighted by molar-refractivity contribution is 9.11. The molecule has 11 aromatic rings. The van der Waals surface area contributed by atoms with Crippen molar-refractivity contribution >= 4 is 110 Å². The van der Waals surface area contributed by atoms with E-state index < -0.39 is 0 Å². The van der Waals surface area contributed by atoms with E-state index in [2.05, 4.69) is 111 Å². The first-order valence-electron chi connectivity index (χ1n) is 20.0. The Labute approximate surface area is 371 Å². The Hall–Kier alpha value is -7.28. The molecule has 7 aromatic heterocycles. The van der Waals surface area contributed by atoms with Gasteiger partial charge in [-0.25, -0.2) is 9.97 Å². The van der Waals surface area contributed by atoms with Crippen LogP contribution >= 0.6 is 31.9 Å². The first-order chi connectivity index (χ1) is 30.6. The second-order valence-corrected chi connectivity index (χ2v) is 16.4. The van der Waals surface area contributed by atoms with E-state index in [1.54, 1.807) is 12.4 Å². The number of benzene rings is 4. The molecular formula is C50H32Br2N10. The lowest BCUT2D eigenvalue weighted by Gasteiger charge is -2.06. The summed E-state index contributed by atoms with van der Waals surface area (Å²) >= 11 is 6.89. The molecule has 0 aliphatic carbocycles. The van der Waals surface area contributed by atoms with Crippen LogP contribution < -0.4 is 0 Å². The van der Waals surface area contributed by atoms with Gasteiger partial charge in [0.2, 0.25) is 0 Å². The number of pyridine rings is 4. The Morgan fingerprint density at radius 1 is 0.387 bits per heavy atom. The van der Waals surface area contributed by atoms with Crippen molar-refractivity contribution in [3.8, 4) is 11.4 Å². The van der Waals surface area contributed by atoms with Crippen LogP contribution in [0, 0.1) is 0 Å². The quantitative estimate of drug-likeness (QED) is 0.171. The van der Waals surface area contributed by atoms with Gasteiger partial charge in [0.25, 0.3) is 0 Å². The van der Waals surface area contributed by atoms with Crippen molar-refractivity contribution in [2.45, 2.75) is 12.8 Å². The number of imidazole rings is 2. The van der Waals surface area contributed by atoms with E-state index in [9.17, 15) is 0 Å². The fraction of sp³-hybridized carbons (Fsp3) is 0.0400. The van der Waals surface area contributed by atoms with Crippen LogP contribution in [0.2, 0.25) is 0 Å². The van der Waals surface area contributed by atoms with Gasteiger partial charge in [0.15, 0.2) is 11.3 Å². The predicted molar refractivity (Wildman–Crippen MR) is 256 cm³/mol. The highest BCUT2D eigenvalue weighted by Crippen LogP contribution is 2.33. The molecule has 0 saturated heterocycles. The second kappa shape index (κ2) is 16.0. The minimum atomic E-state index is 0.788. The largest absolute Gasteiger partial charge is 0.287 e. The Balaban J connectivity index is 0.000000115. The third-order valence-electron chi connectivity index (χ3n) is 10.9. The Kier molecular flexibility index (Phi) is 9.71. The number of rotatable bonds is 2. The Morgan fingerprint density at radius 3 is 1.23 bits per heavy atom. The van der Waals surface area contributed by atoms with Crippen molar-refractivity contribution in [1.82, 2.24) is 38.7 Å². The molecular weight excluding hydrogens is 900 g/mol. The van der Waals surface area contributed by atoms with Gasteiger partial charge in [-0.2, -0.15) is 0 Å². The van der Waals surface area contributed by atoms with Gasteiger partial charge in [-0.3, -0.25) is 38.7 Å². The van der Waals surface area contributed by atoms with Crippen molar-refractivity contribution in [2.24, 2.45) is 9.98 Å². The zero-order valence-electron chi connectivity index (χ0n) is 32.8. The molecule has 12 heteroatoms. The van der Waals surface area contributed by atoms with Crippen LogP contribution in [0.25, 0.3) is 66.8 Å². The van der Waals surface area contributed by atoms with Crippen LogP contribution in [0.1, 0.15) is 11.1 Å². The fourth-order valence-electron chi connectivity index (χ4n) is 8.08. The highest BCUT2D eigenvalue weighted by Gasteiger charge is 2.23. The van der Waals surface area contributed by atoms with Gasteiger partial charge in [-0.05, 0) is 128 Å². The summed E-state index contributed by atoms with van der Waals surface area (Å²) in [4.78, 5) is 37.4. The average molecular weight is 933 g/mol. The van der Waals surface area contributed by atoms with Crippen LogP contribution in [-0.2, 0) is 12.8 Å². The van der Waals surface area contributed by atoms with Gasteiger partial charge in [-0.15, -0.1) is 0 Å². The first kappa shape index (κ1) is 37.7. The molecule has 0 saturated carbocycles. The zero-order valence-corrected chi connectivity index (χ0v) is 36.0. The van der Waals surface area contributed by atoms with Gasteiger partial charge in [0, 0.05) is 46.6 Å². The summed E-state index contributed by atoms with van der Waals surface area (Å²) in [7, 11) is 0. The van der Waals surface area contributed by atoms with Crippen LogP contribution in [0.15, 0.2) is 189 Å². The Bertz CT molecular complexity index is 3410. The van der Waals surface area contributed by atoms with Crippen molar-refractivity contribution in [2.75, 3.05) is 0 Å². The number of hydrogen-bond acceptors (Lipinski definition) is 8. The van der Waals surface area contributed by atoms with E-state index in [1.807, 2.05) is 97.3 Å². The molecule has 0 radical (unpaired) electrons. The molecule has 2 aliphatic heterocycles. The molecule has 0 atom stereocenters. The van der Waals surface area contributed by atoms with E-state index in [4.69, 9.17) is 29.9 Å². The van der Waals surface area contributed by atoms with Gasteiger partial charge in [0.05, 0.1) is 55.9 Å². The second-order valence-electron chi connectivity index (χ2n) is 14.7. The van der Waals surface area contributed by atoms with Crippen LogP contribution in [0.4, 0.5) is 11.4 Å². The van der Waals surface area contributed by atoms with E-state index in [0.29, 0.717) is 0 Å². The molecule has 0 unspecified atom stereocenters. The molecule has 0 spiro atoms. The lowest BCUT2D eigenvalue weighted by molar-refractivity contribution is 1.22. The third-order valence-corrected chi connectivity index (χ3v) is 12.2. The fourth-order valence-corrected chi connectivity index (χ4v) is 8.97. The standard InChI is InChI=1S/C24H14N6.C16H12N2.C10H6Br2N2/c1-3-9-17-15(7-1)27-23-24-28-16-8-2-4-10-18(16)30(24)20-12-6-14-26-22(20)21-19(29(17)23)11-5-13-25-21;1-3-7-13-11(5-1)9-15(17-13)16-10-12-6-2-4-8-14(12)18-16;11-7-3-1-5-13-9(7)10-8(12)4-2-6-14-10/h1-14H;1-8H,9-10H2;1-6H. The summed E-state index contributed by atoms with van der Waals surface area (Å²) in [6.45, 7) is 0. The lowest BCUT2D eigenvalue weighted by Crippen LogP contribution is -2.13. The number of aliphatic imine (C=N–C) groups is 2. The number of aromatic nitrogens is 8. The Morgan fingerprint density at radius 2 is 0.774 bits per heavy atom. The molecule has 0 N–H and O–H groups in total. The van der Waals surface area contributed by atoms with Crippen LogP contribution in [0.5, 0.6) is 0 Å². The summed E-state index contributed by atoms with van der Waals surface area (Å²) in [5, 5.41) is 0. The van der Waals surface area contributed by atoms with E-state index >= 15 is 0 Å². The number of fused-ring (bicyclic) bond motifs is 14. The molecule has 62 heavy (non-hydrogen) atoms. The maximum atomic E-state index is 4.99. The molecule has 0 bridgehead atoms. The predicted octanol–water partition coefficient (Wildman–Crippen LogP) is 12.3. The number of halogens is 2. The zero-order chi connectivity index (χ0) is 41.6. The molecule has 9 heterocycles. The van der Waals surface area contributed by atoms with Gasteiger partial charge >= 0.3 is 0 Å². The summed E-state index contributed by atoms with van der Waals surface area (Å²) in [5.74, 6) is 0. The minimum Gasteiger partial charge on any atom is -0.287 e. The van der Waals surface area contributed by atoms with Crippen molar-refractivity contribution < 1.29 is 0 Å². The first-order valence-corrected chi connectivity index (χ1v) is 21.6. The maximum Gasteiger partial charge on any atom is 0.182 e. The summed E-state index contributed by atoms with van der Waals surface area (Å²) in [6.07, 6.45) is 8.96.